The highest BCUT2D eigenvalue weighted by Gasteiger charge is 2.47. The molecule has 0 radical (unpaired) electrons. The molecule has 3 nitrogen and oxygen atoms in total. The van der Waals surface area contributed by atoms with Crippen molar-refractivity contribution >= 4 is 5.97 Å². The van der Waals surface area contributed by atoms with Gasteiger partial charge in [-0.2, -0.15) is 0 Å². The van der Waals surface area contributed by atoms with Crippen molar-refractivity contribution in [2.75, 3.05) is 26.7 Å². The number of esters is 1. The lowest BCUT2D eigenvalue weighted by Crippen LogP contribution is -2.45. The van der Waals surface area contributed by atoms with Gasteiger partial charge in [-0.05, 0) is 44.8 Å². The first kappa shape index (κ1) is 15.0. The molecule has 1 saturated heterocycles. The highest BCUT2D eigenvalue weighted by molar-refractivity contribution is 5.83. The first-order chi connectivity index (χ1) is 9.61. The molecule has 0 spiro atoms. The number of carbonyl (C=O) groups excluding carboxylic acids is 1. The third kappa shape index (κ3) is 2.73. The van der Waals surface area contributed by atoms with Gasteiger partial charge in [-0.1, -0.05) is 37.3 Å². The molecule has 0 aliphatic carbocycles. The number of carbonyl (C=O) groups is 1. The van der Waals surface area contributed by atoms with Gasteiger partial charge in [0.05, 0.1) is 12.0 Å². The Morgan fingerprint density at radius 2 is 2.10 bits per heavy atom. The number of ether oxygens (including phenoxy) is 1. The minimum atomic E-state index is -0.498. The van der Waals surface area contributed by atoms with Crippen LogP contribution in [0.3, 0.4) is 0 Å². The molecule has 0 aromatic heterocycles. The zero-order chi connectivity index (χ0) is 14.6. The van der Waals surface area contributed by atoms with E-state index >= 15 is 0 Å². The van der Waals surface area contributed by atoms with E-state index in [1.807, 2.05) is 25.1 Å². The van der Waals surface area contributed by atoms with E-state index in [1.54, 1.807) is 0 Å². The van der Waals surface area contributed by atoms with Crippen LogP contribution in [0, 0.1) is 5.92 Å². The Hall–Kier alpha value is -1.35. The molecular weight excluding hydrogens is 250 g/mol. The van der Waals surface area contributed by atoms with Crippen molar-refractivity contribution in [1.29, 1.82) is 0 Å². The zero-order valence-electron chi connectivity index (χ0n) is 12.8. The van der Waals surface area contributed by atoms with Crippen molar-refractivity contribution in [2.45, 2.75) is 32.1 Å². The molecule has 2 rings (SSSR count). The lowest BCUT2D eigenvalue weighted by atomic mass is 9.68. The summed E-state index contributed by atoms with van der Waals surface area (Å²) in [4.78, 5) is 15.1. The fourth-order valence-corrected chi connectivity index (χ4v) is 3.43. The minimum Gasteiger partial charge on any atom is -0.465 e. The highest BCUT2D eigenvalue weighted by Crippen LogP contribution is 2.40. The summed E-state index contributed by atoms with van der Waals surface area (Å²) in [7, 11) is 2.13. The Morgan fingerprint density at radius 3 is 2.75 bits per heavy atom. The van der Waals surface area contributed by atoms with Crippen LogP contribution in [-0.2, 0) is 14.9 Å². The Bertz CT molecular complexity index is 446. The molecule has 0 amide bonds. The zero-order valence-corrected chi connectivity index (χ0v) is 12.8. The normalized spacial score (nSPS) is 27.9. The molecule has 1 aromatic carbocycles. The van der Waals surface area contributed by atoms with Crippen LogP contribution < -0.4 is 0 Å². The van der Waals surface area contributed by atoms with Crippen molar-refractivity contribution < 1.29 is 9.53 Å². The van der Waals surface area contributed by atoms with Gasteiger partial charge in [0.1, 0.15) is 0 Å². The van der Waals surface area contributed by atoms with Gasteiger partial charge in [-0.15, -0.1) is 0 Å². The summed E-state index contributed by atoms with van der Waals surface area (Å²) in [5.41, 5.74) is 0.600. The van der Waals surface area contributed by atoms with Gasteiger partial charge in [0.2, 0.25) is 0 Å². The summed E-state index contributed by atoms with van der Waals surface area (Å²) in [5, 5.41) is 0. The Kier molecular flexibility index (Phi) is 4.81. The number of hydrogen-bond acceptors (Lipinski definition) is 3. The Labute approximate surface area is 121 Å². The van der Waals surface area contributed by atoms with E-state index in [-0.39, 0.29) is 11.9 Å². The molecule has 0 saturated carbocycles. The standard InChI is InChI=1S/C17H25NO2/c1-4-20-16(19)17(15-9-6-5-7-10-15)11-8-12-18(3)13-14(17)2/h5-7,9-10,14H,4,8,11-13H2,1-3H3/t14-,17+/m1/s1. The number of likely N-dealkylation sites (tertiary alicyclic amines) is 1. The van der Waals surface area contributed by atoms with Crippen LogP contribution in [0.4, 0.5) is 0 Å². The first-order valence-corrected chi connectivity index (χ1v) is 7.52. The fourth-order valence-electron chi connectivity index (χ4n) is 3.43. The summed E-state index contributed by atoms with van der Waals surface area (Å²) < 4.78 is 5.44. The number of rotatable bonds is 3. The third-order valence-corrected chi connectivity index (χ3v) is 4.47. The number of nitrogens with zero attached hydrogens (tertiary/aromatic N) is 1. The quantitative estimate of drug-likeness (QED) is 0.794. The van der Waals surface area contributed by atoms with Crippen molar-refractivity contribution in [1.82, 2.24) is 4.90 Å². The summed E-state index contributed by atoms with van der Waals surface area (Å²) in [5.74, 6) is 0.186. The number of hydrogen-bond donors (Lipinski definition) is 0. The van der Waals surface area contributed by atoms with Gasteiger partial charge in [0.25, 0.3) is 0 Å². The van der Waals surface area contributed by atoms with Crippen LogP contribution in [0.15, 0.2) is 30.3 Å². The van der Waals surface area contributed by atoms with Crippen LogP contribution in [0.5, 0.6) is 0 Å². The Balaban J connectivity index is 2.45. The second kappa shape index (κ2) is 6.40. The van der Waals surface area contributed by atoms with Gasteiger partial charge in [0, 0.05) is 6.54 Å². The van der Waals surface area contributed by atoms with Gasteiger partial charge < -0.3 is 9.64 Å². The van der Waals surface area contributed by atoms with Gasteiger partial charge >= 0.3 is 5.97 Å². The third-order valence-electron chi connectivity index (χ3n) is 4.47. The molecule has 20 heavy (non-hydrogen) atoms. The molecule has 0 bridgehead atoms. The molecule has 1 aromatic rings. The molecule has 0 N–H and O–H groups in total. The molecule has 1 fully saturated rings. The van der Waals surface area contributed by atoms with E-state index < -0.39 is 5.41 Å². The van der Waals surface area contributed by atoms with Gasteiger partial charge in [0.15, 0.2) is 0 Å². The second-order valence-electron chi connectivity index (χ2n) is 5.82. The van der Waals surface area contributed by atoms with E-state index in [2.05, 4.69) is 31.0 Å². The fraction of sp³-hybridized carbons (Fsp3) is 0.588. The highest BCUT2D eigenvalue weighted by atomic mass is 16.5. The maximum atomic E-state index is 12.7. The summed E-state index contributed by atoms with van der Waals surface area (Å²) in [6.45, 7) is 6.46. The second-order valence-corrected chi connectivity index (χ2v) is 5.82. The average Bonchev–Trinajstić information content (AvgIpc) is 2.59. The molecule has 2 atom stereocenters. The first-order valence-electron chi connectivity index (χ1n) is 7.52. The topological polar surface area (TPSA) is 29.5 Å². The van der Waals surface area contributed by atoms with Crippen molar-refractivity contribution in [3.8, 4) is 0 Å². The smallest absolute Gasteiger partial charge is 0.316 e. The van der Waals surface area contributed by atoms with Crippen LogP contribution in [0.25, 0.3) is 0 Å². The SMILES string of the molecule is CCOC(=O)[C@@]1(c2ccccc2)CCCN(C)C[C@H]1C. The van der Waals surface area contributed by atoms with Crippen molar-refractivity contribution in [3.05, 3.63) is 35.9 Å². The predicted molar refractivity (Wildman–Crippen MR) is 80.6 cm³/mol. The summed E-state index contributed by atoms with van der Waals surface area (Å²) in [6.07, 6.45) is 1.88. The molecule has 1 aliphatic rings. The van der Waals surface area contributed by atoms with Gasteiger partial charge in [-0.3, -0.25) is 4.79 Å². The average molecular weight is 275 g/mol. The molecule has 0 unspecified atom stereocenters. The summed E-state index contributed by atoms with van der Waals surface area (Å²) >= 11 is 0. The molecule has 1 heterocycles. The van der Waals surface area contributed by atoms with E-state index in [1.165, 1.54) is 0 Å². The van der Waals surface area contributed by atoms with E-state index in [9.17, 15) is 4.79 Å². The van der Waals surface area contributed by atoms with Gasteiger partial charge in [-0.25, -0.2) is 0 Å². The molecular formula is C17H25NO2. The number of benzene rings is 1. The molecule has 110 valence electrons. The van der Waals surface area contributed by atoms with Crippen molar-refractivity contribution in [3.63, 3.8) is 0 Å². The predicted octanol–water partition coefficient (Wildman–Crippen LogP) is 2.85. The minimum absolute atomic E-state index is 0.0611. The van der Waals surface area contributed by atoms with E-state index in [0.717, 1.165) is 31.5 Å². The van der Waals surface area contributed by atoms with Crippen LogP contribution in [-0.4, -0.2) is 37.6 Å². The van der Waals surface area contributed by atoms with E-state index in [4.69, 9.17) is 4.74 Å². The summed E-state index contributed by atoms with van der Waals surface area (Å²) in [6, 6.07) is 10.2. The molecule has 3 heteroatoms. The van der Waals surface area contributed by atoms with Crippen LogP contribution >= 0.6 is 0 Å². The van der Waals surface area contributed by atoms with E-state index in [0.29, 0.717) is 6.61 Å². The molecule has 1 aliphatic heterocycles. The maximum absolute atomic E-state index is 12.7. The lowest BCUT2D eigenvalue weighted by Gasteiger charge is -2.36. The Morgan fingerprint density at radius 1 is 1.40 bits per heavy atom. The van der Waals surface area contributed by atoms with Crippen LogP contribution in [0.1, 0.15) is 32.3 Å². The van der Waals surface area contributed by atoms with Crippen molar-refractivity contribution in [2.24, 2.45) is 5.92 Å². The maximum Gasteiger partial charge on any atom is 0.316 e. The lowest BCUT2D eigenvalue weighted by molar-refractivity contribution is -0.152. The van der Waals surface area contributed by atoms with Crippen LogP contribution in [0.2, 0.25) is 0 Å². The monoisotopic (exact) mass is 275 g/mol. The largest absolute Gasteiger partial charge is 0.465 e.